The fraction of sp³-hybridized carbons (Fsp3) is 0.154. The summed E-state index contributed by atoms with van der Waals surface area (Å²) < 4.78 is 0. The van der Waals surface area contributed by atoms with E-state index >= 15 is 0 Å². The van der Waals surface area contributed by atoms with Gasteiger partial charge in [-0.2, -0.15) is 0 Å². The Balaban J connectivity index is 2.32. The SMILES string of the molecule is Nc1ccc([N+](=O)[O-])c(NC(CO)c2ccccc2)n1. The van der Waals surface area contributed by atoms with Gasteiger partial charge >= 0.3 is 5.69 Å². The zero-order valence-corrected chi connectivity index (χ0v) is 10.6. The number of nitrogen functional groups attached to an aromatic ring is 1. The van der Waals surface area contributed by atoms with Crippen LogP contribution in [0.3, 0.4) is 0 Å². The van der Waals surface area contributed by atoms with Crippen LogP contribution in [0.4, 0.5) is 17.3 Å². The van der Waals surface area contributed by atoms with Crippen molar-refractivity contribution in [1.82, 2.24) is 4.98 Å². The Kier molecular flexibility index (Phi) is 4.11. The Morgan fingerprint density at radius 1 is 1.30 bits per heavy atom. The number of hydrogen-bond donors (Lipinski definition) is 3. The van der Waals surface area contributed by atoms with Crippen molar-refractivity contribution >= 4 is 17.3 Å². The van der Waals surface area contributed by atoms with Crippen LogP contribution < -0.4 is 11.1 Å². The van der Waals surface area contributed by atoms with Gasteiger partial charge in [-0.05, 0) is 11.6 Å². The second kappa shape index (κ2) is 5.98. The predicted octanol–water partition coefficient (Wildman–Crippen LogP) is 1.72. The van der Waals surface area contributed by atoms with E-state index in [4.69, 9.17) is 5.73 Å². The van der Waals surface area contributed by atoms with Crippen LogP contribution in [-0.2, 0) is 0 Å². The molecule has 20 heavy (non-hydrogen) atoms. The fourth-order valence-electron chi connectivity index (χ4n) is 1.81. The highest BCUT2D eigenvalue weighted by molar-refractivity contribution is 5.60. The van der Waals surface area contributed by atoms with E-state index < -0.39 is 11.0 Å². The third-order valence-corrected chi connectivity index (χ3v) is 2.79. The van der Waals surface area contributed by atoms with E-state index in [0.29, 0.717) is 0 Å². The average Bonchev–Trinajstić information content (AvgIpc) is 2.45. The van der Waals surface area contributed by atoms with Crippen LogP contribution in [0.25, 0.3) is 0 Å². The Morgan fingerprint density at radius 3 is 2.60 bits per heavy atom. The Labute approximate surface area is 115 Å². The van der Waals surface area contributed by atoms with Crippen molar-refractivity contribution in [3.05, 3.63) is 58.1 Å². The molecular weight excluding hydrogens is 260 g/mol. The molecule has 0 aliphatic rings. The molecule has 0 fully saturated rings. The van der Waals surface area contributed by atoms with Crippen molar-refractivity contribution in [2.24, 2.45) is 0 Å². The van der Waals surface area contributed by atoms with Crippen molar-refractivity contribution in [3.8, 4) is 0 Å². The molecule has 0 amide bonds. The van der Waals surface area contributed by atoms with E-state index in [2.05, 4.69) is 10.3 Å². The van der Waals surface area contributed by atoms with Gasteiger partial charge in [0.2, 0.25) is 5.82 Å². The van der Waals surface area contributed by atoms with E-state index in [1.807, 2.05) is 30.3 Å². The number of nitro groups is 1. The van der Waals surface area contributed by atoms with Gasteiger partial charge in [0.1, 0.15) is 5.82 Å². The summed E-state index contributed by atoms with van der Waals surface area (Å²) in [7, 11) is 0. The number of nitrogens with two attached hydrogens (primary N) is 1. The van der Waals surface area contributed by atoms with E-state index in [0.717, 1.165) is 5.56 Å². The van der Waals surface area contributed by atoms with Crippen LogP contribution in [-0.4, -0.2) is 21.6 Å². The summed E-state index contributed by atoms with van der Waals surface area (Å²) in [6.07, 6.45) is 0. The van der Waals surface area contributed by atoms with Crippen LogP contribution in [0.5, 0.6) is 0 Å². The van der Waals surface area contributed by atoms with Crippen molar-refractivity contribution in [1.29, 1.82) is 0 Å². The maximum absolute atomic E-state index is 11.0. The lowest BCUT2D eigenvalue weighted by Gasteiger charge is -2.17. The third kappa shape index (κ3) is 3.01. The molecule has 0 aliphatic carbocycles. The van der Waals surface area contributed by atoms with Crippen molar-refractivity contribution in [2.75, 3.05) is 17.7 Å². The molecule has 7 heteroatoms. The van der Waals surface area contributed by atoms with Crippen LogP contribution in [0, 0.1) is 10.1 Å². The Hall–Kier alpha value is -2.67. The maximum atomic E-state index is 11.0. The highest BCUT2D eigenvalue weighted by Crippen LogP contribution is 2.27. The van der Waals surface area contributed by atoms with Gasteiger partial charge in [0, 0.05) is 6.07 Å². The van der Waals surface area contributed by atoms with Gasteiger partial charge in [0.05, 0.1) is 17.6 Å². The molecule has 7 nitrogen and oxygen atoms in total. The number of aromatic nitrogens is 1. The molecule has 104 valence electrons. The molecule has 1 aromatic heterocycles. The van der Waals surface area contributed by atoms with Gasteiger partial charge in [-0.1, -0.05) is 30.3 Å². The first-order valence-corrected chi connectivity index (χ1v) is 5.95. The quantitative estimate of drug-likeness (QED) is 0.565. The molecule has 1 unspecified atom stereocenters. The van der Waals surface area contributed by atoms with E-state index in [1.54, 1.807) is 0 Å². The number of nitrogens with zero attached hydrogens (tertiary/aromatic N) is 2. The minimum Gasteiger partial charge on any atom is -0.394 e. The summed E-state index contributed by atoms with van der Waals surface area (Å²) in [6, 6.07) is 11.3. The summed E-state index contributed by atoms with van der Waals surface area (Å²) >= 11 is 0. The summed E-state index contributed by atoms with van der Waals surface area (Å²) in [6.45, 7) is -0.225. The average molecular weight is 274 g/mol. The molecule has 1 atom stereocenters. The summed E-state index contributed by atoms with van der Waals surface area (Å²) in [5, 5.41) is 23.3. The molecule has 0 bridgehead atoms. The number of benzene rings is 1. The van der Waals surface area contributed by atoms with Gasteiger partial charge in [0.25, 0.3) is 0 Å². The van der Waals surface area contributed by atoms with Crippen LogP contribution in [0.15, 0.2) is 42.5 Å². The van der Waals surface area contributed by atoms with Gasteiger partial charge in [-0.15, -0.1) is 0 Å². The van der Waals surface area contributed by atoms with Crippen molar-refractivity contribution in [2.45, 2.75) is 6.04 Å². The Morgan fingerprint density at radius 2 is 2.00 bits per heavy atom. The first kappa shape index (κ1) is 13.8. The molecule has 0 aliphatic heterocycles. The normalized spacial score (nSPS) is 11.8. The van der Waals surface area contributed by atoms with Crippen LogP contribution in [0.1, 0.15) is 11.6 Å². The van der Waals surface area contributed by atoms with Crippen LogP contribution in [0.2, 0.25) is 0 Å². The maximum Gasteiger partial charge on any atom is 0.311 e. The topological polar surface area (TPSA) is 114 Å². The summed E-state index contributed by atoms with van der Waals surface area (Å²) in [5.74, 6) is 0.209. The molecule has 2 rings (SSSR count). The smallest absolute Gasteiger partial charge is 0.311 e. The fourth-order valence-corrected chi connectivity index (χ4v) is 1.81. The Bertz CT molecular complexity index is 604. The summed E-state index contributed by atoms with van der Waals surface area (Å²) in [4.78, 5) is 14.3. The molecule has 0 saturated heterocycles. The number of nitrogens with one attached hydrogen (secondary N) is 1. The molecule has 0 saturated carbocycles. The lowest BCUT2D eigenvalue weighted by atomic mass is 10.1. The van der Waals surface area contributed by atoms with Crippen LogP contribution >= 0.6 is 0 Å². The van der Waals surface area contributed by atoms with E-state index in [1.165, 1.54) is 12.1 Å². The van der Waals surface area contributed by atoms with Gasteiger partial charge in [0.15, 0.2) is 0 Å². The molecule has 2 aromatic rings. The molecule has 0 spiro atoms. The minimum absolute atomic E-state index is 0.0397. The second-order valence-electron chi connectivity index (χ2n) is 4.15. The number of hydrogen-bond acceptors (Lipinski definition) is 6. The molecule has 0 radical (unpaired) electrons. The molecule has 1 heterocycles. The highest BCUT2D eigenvalue weighted by Gasteiger charge is 2.19. The lowest BCUT2D eigenvalue weighted by Crippen LogP contribution is -2.17. The highest BCUT2D eigenvalue weighted by atomic mass is 16.6. The lowest BCUT2D eigenvalue weighted by molar-refractivity contribution is -0.384. The molecule has 4 N–H and O–H groups in total. The molecule has 1 aromatic carbocycles. The van der Waals surface area contributed by atoms with E-state index in [9.17, 15) is 15.2 Å². The zero-order chi connectivity index (χ0) is 14.5. The first-order chi connectivity index (χ1) is 9.61. The van der Waals surface area contributed by atoms with Gasteiger partial charge in [-0.25, -0.2) is 4.98 Å². The third-order valence-electron chi connectivity index (χ3n) is 2.79. The largest absolute Gasteiger partial charge is 0.394 e. The van der Waals surface area contributed by atoms with Crippen molar-refractivity contribution < 1.29 is 10.0 Å². The predicted molar refractivity (Wildman–Crippen MR) is 75.2 cm³/mol. The standard InChI is InChI=1S/C13H14N4O3/c14-12-7-6-11(17(19)20)13(16-12)15-10(8-18)9-4-2-1-3-5-9/h1-7,10,18H,8H2,(H3,14,15,16). The zero-order valence-electron chi connectivity index (χ0n) is 10.6. The number of pyridine rings is 1. The minimum atomic E-state index is -0.547. The number of aliphatic hydroxyl groups is 1. The number of aliphatic hydroxyl groups excluding tert-OH is 1. The van der Waals surface area contributed by atoms with Crippen molar-refractivity contribution in [3.63, 3.8) is 0 Å². The second-order valence-corrected chi connectivity index (χ2v) is 4.15. The van der Waals surface area contributed by atoms with Gasteiger partial charge in [-0.3, -0.25) is 10.1 Å². The van der Waals surface area contributed by atoms with E-state index in [-0.39, 0.29) is 23.9 Å². The summed E-state index contributed by atoms with van der Waals surface area (Å²) in [5.41, 5.74) is 6.16. The first-order valence-electron chi connectivity index (χ1n) is 5.95. The number of anilines is 2. The molecular formula is C13H14N4O3. The monoisotopic (exact) mass is 274 g/mol. The van der Waals surface area contributed by atoms with Gasteiger partial charge < -0.3 is 16.2 Å². The number of rotatable bonds is 5.